The minimum absolute atomic E-state index is 0.0732. The molecule has 0 atom stereocenters. The van der Waals surface area contributed by atoms with Gasteiger partial charge in [-0.2, -0.15) is 0 Å². The third-order valence-electron chi connectivity index (χ3n) is 1.88. The minimum Gasteiger partial charge on any atom is -0.336 e. The number of carbonyl (C=O) groups excluding carboxylic acids is 1. The number of fused-ring (bicyclic) bond motifs is 1. The van der Waals surface area contributed by atoms with Crippen molar-refractivity contribution in [2.75, 3.05) is 0 Å². The number of hydrogen-bond donors (Lipinski definition) is 0. The second-order valence-corrected chi connectivity index (χ2v) is 2.87. The summed E-state index contributed by atoms with van der Waals surface area (Å²) in [6.07, 6.45) is 0. The standard InChI is InChI=1S/C9H8N2O2/c1-5-7-3-4-8(6(2)12)10-9(7)13-11-5/h3-4H,1-2H3. The molecule has 0 bridgehead atoms. The van der Waals surface area contributed by atoms with Crippen LogP contribution in [0, 0.1) is 6.92 Å². The van der Waals surface area contributed by atoms with E-state index in [4.69, 9.17) is 4.52 Å². The van der Waals surface area contributed by atoms with E-state index in [1.165, 1.54) is 6.92 Å². The molecule has 0 amide bonds. The van der Waals surface area contributed by atoms with Gasteiger partial charge >= 0.3 is 0 Å². The van der Waals surface area contributed by atoms with Crippen LogP contribution in [0.1, 0.15) is 23.1 Å². The Hall–Kier alpha value is -1.71. The molecule has 66 valence electrons. The maximum atomic E-state index is 11.0. The first-order valence-electron chi connectivity index (χ1n) is 3.92. The molecule has 0 fully saturated rings. The molecule has 0 aliphatic carbocycles. The average Bonchev–Trinajstić information content (AvgIpc) is 2.47. The van der Waals surface area contributed by atoms with Crippen LogP contribution >= 0.6 is 0 Å². The summed E-state index contributed by atoms with van der Waals surface area (Å²) in [5.74, 6) is -0.0732. The molecule has 0 spiro atoms. The number of aromatic nitrogens is 2. The van der Waals surface area contributed by atoms with Crippen LogP contribution < -0.4 is 0 Å². The van der Waals surface area contributed by atoms with Gasteiger partial charge in [0.25, 0.3) is 5.71 Å². The van der Waals surface area contributed by atoms with Crippen molar-refractivity contribution in [1.29, 1.82) is 0 Å². The van der Waals surface area contributed by atoms with E-state index in [1.54, 1.807) is 12.1 Å². The number of carbonyl (C=O) groups is 1. The largest absolute Gasteiger partial charge is 0.336 e. The summed E-state index contributed by atoms with van der Waals surface area (Å²) in [6.45, 7) is 3.30. The molecule has 2 aromatic heterocycles. The number of aryl methyl sites for hydroxylation is 1. The molecular weight excluding hydrogens is 168 g/mol. The summed E-state index contributed by atoms with van der Waals surface area (Å²) in [5, 5.41) is 4.60. The van der Waals surface area contributed by atoms with Gasteiger partial charge in [-0.3, -0.25) is 4.79 Å². The van der Waals surface area contributed by atoms with E-state index in [1.807, 2.05) is 6.92 Å². The van der Waals surface area contributed by atoms with E-state index < -0.39 is 0 Å². The Labute approximate surface area is 74.6 Å². The van der Waals surface area contributed by atoms with Gasteiger partial charge in [0.05, 0.1) is 11.1 Å². The van der Waals surface area contributed by atoms with Gasteiger partial charge in [-0.15, -0.1) is 0 Å². The summed E-state index contributed by atoms with van der Waals surface area (Å²) in [4.78, 5) is 15.0. The summed E-state index contributed by atoms with van der Waals surface area (Å²) in [6, 6.07) is 3.47. The van der Waals surface area contributed by atoms with Gasteiger partial charge in [-0.1, -0.05) is 5.16 Å². The smallest absolute Gasteiger partial charge is 0.258 e. The van der Waals surface area contributed by atoms with E-state index in [0.29, 0.717) is 11.4 Å². The Balaban J connectivity index is 2.70. The minimum atomic E-state index is -0.0732. The van der Waals surface area contributed by atoms with Crippen LogP contribution in [0.4, 0.5) is 0 Å². The van der Waals surface area contributed by atoms with E-state index >= 15 is 0 Å². The van der Waals surface area contributed by atoms with Crippen LogP contribution in [0.5, 0.6) is 0 Å². The third-order valence-corrected chi connectivity index (χ3v) is 1.88. The second-order valence-electron chi connectivity index (χ2n) is 2.87. The van der Waals surface area contributed by atoms with Crippen molar-refractivity contribution in [2.24, 2.45) is 0 Å². The molecule has 0 saturated heterocycles. The number of rotatable bonds is 1. The summed E-state index contributed by atoms with van der Waals surface area (Å²) in [7, 11) is 0. The number of ketones is 1. The molecule has 0 saturated carbocycles. The zero-order chi connectivity index (χ0) is 9.42. The fourth-order valence-electron chi connectivity index (χ4n) is 1.14. The molecule has 0 radical (unpaired) electrons. The zero-order valence-electron chi connectivity index (χ0n) is 7.37. The Kier molecular flexibility index (Phi) is 1.62. The average molecular weight is 176 g/mol. The maximum Gasteiger partial charge on any atom is 0.258 e. The van der Waals surface area contributed by atoms with E-state index in [9.17, 15) is 4.79 Å². The molecule has 4 nitrogen and oxygen atoms in total. The number of pyridine rings is 1. The first kappa shape index (κ1) is 7.91. The summed E-state index contributed by atoms with van der Waals surface area (Å²) < 4.78 is 4.93. The van der Waals surface area contributed by atoms with Gasteiger partial charge in [0.1, 0.15) is 5.69 Å². The molecular formula is C9H8N2O2. The molecule has 0 aliphatic rings. The quantitative estimate of drug-likeness (QED) is 0.621. The molecule has 2 heterocycles. The van der Waals surface area contributed by atoms with Gasteiger partial charge in [-0.25, -0.2) is 4.98 Å². The van der Waals surface area contributed by atoms with Crippen LogP contribution in [0.3, 0.4) is 0 Å². The highest BCUT2D eigenvalue weighted by molar-refractivity contribution is 5.94. The molecule has 13 heavy (non-hydrogen) atoms. The lowest BCUT2D eigenvalue weighted by atomic mass is 10.2. The van der Waals surface area contributed by atoms with Crippen molar-refractivity contribution in [2.45, 2.75) is 13.8 Å². The first-order valence-corrected chi connectivity index (χ1v) is 3.92. The monoisotopic (exact) mass is 176 g/mol. The van der Waals surface area contributed by atoms with Crippen LogP contribution in [-0.4, -0.2) is 15.9 Å². The Morgan fingerprint density at radius 2 is 2.23 bits per heavy atom. The second kappa shape index (κ2) is 2.65. The predicted octanol–water partition coefficient (Wildman–Crippen LogP) is 1.73. The number of hydrogen-bond acceptors (Lipinski definition) is 4. The lowest BCUT2D eigenvalue weighted by molar-refractivity contribution is 0.101. The first-order chi connectivity index (χ1) is 6.18. The normalized spacial score (nSPS) is 10.6. The molecule has 0 aromatic carbocycles. The van der Waals surface area contributed by atoms with E-state index in [0.717, 1.165) is 11.1 Å². The highest BCUT2D eigenvalue weighted by Gasteiger charge is 2.07. The van der Waals surface area contributed by atoms with Crippen molar-refractivity contribution in [3.8, 4) is 0 Å². The summed E-state index contributed by atoms with van der Waals surface area (Å²) >= 11 is 0. The third kappa shape index (κ3) is 1.20. The van der Waals surface area contributed by atoms with Gasteiger partial charge < -0.3 is 4.52 Å². The SMILES string of the molecule is CC(=O)c1ccc2c(C)noc2n1. The molecule has 2 rings (SSSR count). The lowest BCUT2D eigenvalue weighted by Crippen LogP contribution is -1.95. The van der Waals surface area contributed by atoms with Crippen LogP contribution in [0.15, 0.2) is 16.7 Å². The van der Waals surface area contributed by atoms with Crippen molar-refractivity contribution in [3.63, 3.8) is 0 Å². The fraction of sp³-hybridized carbons (Fsp3) is 0.222. The van der Waals surface area contributed by atoms with Crippen molar-refractivity contribution < 1.29 is 9.32 Å². The summed E-state index contributed by atoms with van der Waals surface area (Å²) in [5.41, 5.74) is 1.62. The fourth-order valence-corrected chi connectivity index (χ4v) is 1.14. The van der Waals surface area contributed by atoms with Crippen molar-refractivity contribution in [1.82, 2.24) is 10.1 Å². The van der Waals surface area contributed by atoms with E-state index in [-0.39, 0.29) is 5.78 Å². The van der Waals surface area contributed by atoms with Crippen molar-refractivity contribution >= 4 is 16.9 Å². The molecule has 4 heteroatoms. The Morgan fingerprint density at radius 1 is 1.46 bits per heavy atom. The number of Topliss-reactive ketones (excluding diaryl/α,β-unsaturated/α-hetero) is 1. The highest BCUT2D eigenvalue weighted by Crippen LogP contribution is 2.15. The molecule has 0 aliphatic heterocycles. The van der Waals surface area contributed by atoms with E-state index in [2.05, 4.69) is 10.1 Å². The van der Waals surface area contributed by atoms with Gasteiger partial charge in [0.2, 0.25) is 0 Å². The molecule has 0 unspecified atom stereocenters. The van der Waals surface area contributed by atoms with Crippen LogP contribution in [0.25, 0.3) is 11.1 Å². The van der Waals surface area contributed by atoms with Crippen LogP contribution in [-0.2, 0) is 0 Å². The lowest BCUT2D eigenvalue weighted by Gasteiger charge is -1.92. The Morgan fingerprint density at radius 3 is 2.92 bits per heavy atom. The van der Waals surface area contributed by atoms with Gasteiger partial charge in [0, 0.05) is 6.92 Å². The number of nitrogens with zero attached hydrogens (tertiary/aromatic N) is 2. The van der Waals surface area contributed by atoms with Gasteiger partial charge in [0.15, 0.2) is 5.78 Å². The van der Waals surface area contributed by atoms with Gasteiger partial charge in [-0.05, 0) is 19.1 Å². The molecule has 0 N–H and O–H groups in total. The highest BCUT2D eigenvalue weighted by atomic mass is 16.5. The zero-order valence-corrected chi connectivity index (χ0v) is 7.37. The predicted molar refractivity (Wildman–Crippen MR) is 46.5 cm³/mol. The van der Waals surface area contributed by atoms with Crippen molar-refractivity contribution in [3.05, 3.63) is 23.5 Å². The maximum absolute atomic E-state index is 11.0. The van der Waals surface area contributed by atoms with Crippen LogP contribution in [0.2, 0.25) is 0 Å². The molecule has 2 aromatic rings. The topological polar surface area (TPSA) is 56.0 Å². The Bertz CT molecular complexity index is 473.